The second-order valence-electron chi connectivity index (χ2n) is 4.81. The Hall–Kier alpha value is -1.31. The molecule has 0 aliphatic carbocycles. The number of hydrogen-bond donors (Lipinski definition) is 3. The summed E-state index contributed by atoms with van der Waals surface area (Å²) in [6, 6.07) is 5.74. The summed E-state index contributed by atoms with van der Waals surface area (Å²) in [5.74, 6) is -0.0560. The molecular formula is C13H17F3N2O2. The van der Waals surface area contributed by atoms with E-state index in [9.17, 15) is 18.3 Å². The molecule has 3 N–H and O–H groups in total. The number of aliphatic hydroxyl groups excluding tert-OH is 1. The highest BCUT2D eigenvalue weighted by Crippen LogP contribution is 2.22. The van der Waals surface area contributed by atoms with Crippen LogP contribution in [0.3, 0.4) is 0 Å². The number of alkyl halides is 3. The van der Waals surface area contributed by atoms with Crippen molar-refractivity contribution < 1.29 is 23.0 Å². The molecular weight excluding hydrogens is 273 g/mol. The highest BCUT2D eigenvalue weighted by atomic mass is 19.4. The van der Waals surface area contributed by atoms with Gasteiger partial charge in [0.25, 0.3) is 0 Å². The van der Waals surface area contributed by atoms with Crippen LogP contribution >= 0.6 is 0 Å². The summed E-state index contributed by atoms with van der Waals surface area (Å²) < 4.78 is 39.8. The van der Waals surface area contributed by atoms with Gasteiger partial charge in [-0.2, -0.15) is 0 Å². The third-order valence-electron chi connectivity index (χ3n) is 3.20. The largest absolute Gasteiger partial charge is 0.573 e. The fourth-order valence-electron chi connectivity index (χ4n) is 2.14. The van der Waals surface area contributed by atoms with Crippen LogP contribution in [0.4, 0.5) is 13.2 Å². The molecule has 1 saturated heterocycles. The molecule has 0 radical (unpaired) electrons. The van der Waals surface area contributed by atoms with Crippen molar-refractivity contribution in [3.63, 3.8) is 0 Å². The molecule has 7 heteroatoms. The van der Waals surface area contributed by atoms with Gasteiger partial charge in [0.15, 0.2) is 0 Å². The Morgan fingerprint density at radius 1 is 1.25 bits per heavy atom. The Morgan fingerprint density at radius 3 is 2.50 bits per heavy atom. The summed E-state index contributed by atoms with van der Waals surface area (Å²) in [5.41, 5.74) is 0.861. The van der Waals surface area contributed by atoms with Gasteiger partial charge in [0.2, 0.25) is 0 Å². The second-order valence-corrected chi connectivity index (χ2v) is 4.81. The summed E-state index contributed by atoms with van der Waals surface area (Å²) in [4.78, 5) is 0. The molecule has 1 aliphatic heterocycles. The zero-order valence-electron chi connectivity index (χ0n) is 10.8. The number of nitrogens with one attached hydrogen (secondary N) is 2. The lowest BCUT2D eigenvalue weighted by molar-refractivity contribution is -0.274. The van der Waals surface area contributed by atoms with Crippen LogP contribution in [0.5, 0.6) is 5.75 Å². The SMILES string of the molecule is OC1CNCC1CNCc1ccc(OC(F)(F)F)cc1. The lowest BCUT2D eigenvalue weighted by atomic mass is 10.1. The van der Waals surface area contributed by atoms with Crippen molar-refractivity contribution in [2.45, 2.75) is 19.0 Å². The molecule has 112 valence electrons. The third-order valence-corrected chi connectivity index (χ3v) is 3.20. The van der Waals surface area contributed by atoms with E-state index in [0.29, 0.717) is 19.6 Å². The van der Waals surface area contributed by atoms with E-state index in [4.69, 9.17) is 0 Å². The predicted molar refractivity (Wildman–Crippen MR) is 67.2 cm³/mol. The van der Waals surface area contributed by atoms with Gasteiger partial charge in [0.1, 0.15) is 5.75 Å². The van der Waals surface area contributed by atoms with E-state index in [1.165, 1.54) is 12.1 Å². The monoisotopic (exact) mass is 290 g/mol. The van der Waals surface area contributed by atoms with Crippen molar-refractivity contribution in [1.29, 1.82) is 0 Å². The van der Waals surface area contributed by atoms with Crippen LogP contribution in [0.2, 0.25) is 0 Å². The van der Waals surface area contributed by atoms with Gasteiger partial charge in [0, 0.05) is 32.1 Å². The minimum absolute atomic E-state index is 0.169. The van der Waals surface area contributed by atoms with Crippen LogP contribution in [0, 0.1) is 5.92 Å². The quantitative estimate of drug-likeness (QED) is 0.764. The lowest BCUT2D eigenvalue weighted by Gasteiger charge is -2.14. The van der Waals surface area contributed by atoms with E-state index in [-0.39, 0.29) is 17.8 Å². The van der Waals surface area contributed by atoms with Gasteiger partial charge in [-0.05, 0) is 17.7 Å². The van der Waals surface area contributed by atoms with E-state index in [0.717, 1.165) is 12.1 Å². The number of ether oxygens (including phenoxy) is 1. The molecule has 1 aromatic carbocycles. The van der Waals surface area contributed by atoms with E-state index in [1.54, 1.807) is 12.1 Å². The molecule has 2 atom stereocenters. The first-order valence-electron chi connectivity index (χ1n) is 6.38. The molecule has 1 aliphatic rings. The number of aliphatic hydroxyl groups is 1. The van der Waals surface area contributed by atoms with Crippen molar-refractivity contribution >= 4 is 0 Å². The topological polar surface area (TPSA) is 53.5 Å². The van der Waals surface area contributed by atoms with Crippen LogP contribution in [-0.4, -0.2) is 37.2 Å². The number of benzene rings is 1. The third kappa shape index (κ3) is 4.66. The van der Waals surface area contributed by atoms with Gasteiger partial charge < -0.3 is 20.5 Å². The summed E-state index contributed by atoms with van der Waals surface area (Å²) in [5, 5.41) is 15.9. The standard InChI is InChI=1S/C13H17F3N2O2/c14-13(15,16)20-11-3-1-9(2-4-11)5-17-6-10-7-18-8-12(10)19/h1-4,10,12,17-19H,5-8H2. The average Bonchev–Trinajstić information content (AvgIpc) is 2.76. The molecule has 1 heterocycles. The maximum absolute atomic E-state index is 12.0. The average molecular weight is 290 g/mol. The molecule has 0 saturated carbocycles. The highest BCUT2D eigenvalue weighted by molar-refractivity contribution is 5.27. The molecule has 0 spiro atoms. The first kappa shape index (κ1) is 15.1. The van der Waals surface area contributed by atoms with Crippen LogP contribution in [-0.2, 0) is 6.54 Å². The highest BCUT2D eigenvalue weighted by Gasteiger charge is 2.31. The zero-order valence-corrected chi connectivity index (χ0v) is 10.8. The Morgan fingerprint density at radius 2 is 1.95 bits per heavy atom. The summed E-state index contributed by atoms with van der Waals surface area (Å²) in [6.07, 6.45) is -5.00. The maximum atomic E-state index is 12.0. The minimum Gasteiger partial charge on any atom is -0.406 e. The van der Waals surface area contributed by atoms with Crippen molar-refractivity contribution in [1.82, 2.24) is 10.6 Å². The van der Waals surface area contributed by atoms with Gasteiger partial charge in [-0.25, -0.2) is 0 Å². The lowest BCUT2D eigenvalue weighted by Crippen LogP contribution is -2.30. The summed E-state index contributed by atoms with van der Waals surface area (Å²) >= 11 is 0. The van der Waals surface area contributed by atoms with Crippen LogP contribution in [0.25, 0.3) is 0 Å². The van der Waals surface area contributed by atoms with E-state index in [1.807, 2.05) is 0 Å². The zero-order chi connectivity index (χ0) is 14.6. The number of β-amino-alcohol motifs (C(OH)–C–C–N with tert-alkyl or cyclic N) is 1. The van der Waals surface area contributed by atoms with E-state index in [2.05, 4.69) is 15.4 Å². The molecule has 2 rings (SSSR count). The summed E-state index contributed by atoms with van der Waals surface area (Å²) in [6.45, 7) is 2.58. The fraction of sp³-hybridized carbons (Fsp3) is 0.538. The maximum Gasteiger partial charge on any atom is 0.573 e. The molecule has 1 aromatic rings. The normalized spacial score (nSPS) is 23.0. The van der Waals surface area contributed by atoms with E-state index < -0.39 is 6.36 Å². The smallest absolute Gasteiger partial charge is 0.406 e. The second kappa shape index (κ2) is 6.43. The summed E-state index contributed by atoms with van der Waals surface area (Å²) in [7, 11) is 0. The molecule has 0 aromatic heterocycles. The molecule has 20 heavy (non-hydrogen) atoms. The Balaban J connectivity index is 1.76. The van der Waals surface area contributed by atoms with Crippen molar-refractivity contribution in [3.05, 3.63) is 29.8 Å². The van der Waals surface area contributed by atoms with Gasteiger partial charge in [0.05, 0.1) is 6.10 Å². The van der Waals surface area contributed by atoms with Crippen LogP contribution in [0.15, 0.2) is 24.3 Å². The predicted octanol–water partition coefficient (Wildman–Crippen LogP) is 1.26. The number of halogens is 3. The van der Waals surface area contributed by atoms with Gasteiger partial charge in [-0.3, -0.25) is 0 Å². The van der Waals surface area contributed by atoms with Gasteiger partial charge in [-0.1, -0.05) is 12.1 Å². The van der Waals surface area contributed by atoms with Crippen molar-refractivity contribution in [3.8, 4) is 5.75 Å². The minimum atomic E-state index is -4.66. The van der Waals surface area contributed by atoms with Gasteiger partial charge >= 0.3 is 6.36 Å². The Bertz CT molecular complexity index is 423. The Kier molecular flexibility index (Phi) is 4.85. The first-order valence-corrected chi connectivity index (χ1v) is 6.38. The van der Waals surface area contributed by atoms with Gasteiger partial charge in [-0.15, -0.1) is 13.2 Å². The first-order chi connectivity index (χ1) is 9.44. The Labute approximate surface area is 114 Å². The van der Waals surface area contributed by atoms with Crippen LogP contribution in [0.1, 0.15) is 5.56 Å². The molecule has 2 unspecified atom stereocenters. The fourth-order valence-corrected chi connectivity index (χ4v) is 2.14. The number of rotatable bonds is 5. The molecule has 0 bridgehead atoms. The number of hydrogen-bond acceptors (Lipinski definition) is 4. The van der Waals surface area contributed by atoms with Crippen LogP contribution < -0.4 is 15.4 Å². The molecule has 1 fully saturated rings. The van der Waals surface area contributed by atoms with E-state index >= 15 is 0 Å². The van der Waals surface area contributed by atoms with Crippen molar-refractivity contribution in [2.24, 2.45) is 5.92 Å². The molecule has 0 amide bonds. The van der Waals surface area contributed by atoms with Crippen molar-refractivity contribution in [2.75, 3.05) is 19.6 Å². The molecule has 4 nitrogen and oxygen atoms in total.